The molecule has 9 nitrogen and oxygen atoms in total. The zero-order valence-corrected chi connectivity index (χ0v) is 18.2. The number of ether oxygens (including phenoxy) is 3. The van der Waals surface area contributed by atoms with Gasteiger partial charge in [-0.25, -0.2) is 4.79 Å². The molecule has 2 heterocycles. The molecule has 1 fully saturated rings. The predicted octanol–water partition coefficient (Wildman–Crippen LogP) is 2.25. The molecule has 2 aromatic rings. The minimum absolute atomic E-state index is 0.0282. The fourth-order valence-electron chi connectivity index (χ4n) is 3.39. The molecule has 0 bridgehead atoms. The average Bonchev–Trinajstić information content (AvgIpc) is 3.17. The van der Waals surface area contributed by atoms with Crippen molar-refractivity contribution in [3.05, 3.63) is 30.0 Å². The maximum absolute atomic E-state index is 12.3. The van der Waals surface area contributed by atoms with Crippen LogP contribution >= 0.6 is 0 Å². The molecule has 1 aromatic heterocycles. The van der Waals surface area contributed by atoms with Gasteiger partial charge in [-0.05, 0) is 31.0 Å². The largest absolute Gasteiger partial charge is 0.464 e. The first kappa shape index (κ1) is 23.3. The quantitative estimate of drug-likeness (QED) is 0.603. The van der Waals surface area contributed by atoms with Gasteiger partial charge in [-0.15, -0.1) is 0 Å². The Kier molecular flexibility index (Phi) is 7.42. The van der Waals surface area contributed by atoms with Gasteiger partial charge in [0.05, 0.1) is 18.1 Å². The summed E-state index contributed by atoms with van der Waals surface area (Å²) in [6, 6.07) is 6.99. The number of fused-ring (bicyclic) bond motifs is 1. The lowest BCUT2D eigenvalue weighted by Crippen LogP contribution is -2.51. The summed E-state index contributed by atoms with van der Waals surface area (Å²) >= 11 is 0. The molecule has 0 saturated carbocycles. The standard InChI is InChI=1S/C22H31NO8/c1-12(2)13(3)23(4)22(27)28-11-14-8-15-17(29-14)6-5-7-18(15)30-20-9-16(25)21(26)19(10-24)31-20/h5-8,12-13,16,19-21,24-26H,9-11H2,1-4H3. The summed E-state index contributed by atoms with van der Waals surface area (Å²) in [6.45, 7) is 5.57. The molecule has 0 spiro atoms. The van der Waals surface area contributed by atoms with Gasteiger partial charge in [0.25, 0.3) is 0 Å². The van der Waals surface area contributed by atoms with Crippen molar-refractivity contribution >= 4 is 17.1 Å². The smallest absolute Gasteiger partial charge is 0.410 e. The van der Waals surface area contributed by atoms with E-state index < -0.39 is 37.3 Å². The summed E-state index contributed by atoms with van der Waals surface area (Å²) in [4.78, 5) is 13.8. The molecular weight excluding hydrogens is 406 g/mol. The van der Waals surface area contributed by atoms with Crippen LogP contribution in [0.2, 0.25) is 0 Å². The van der Waals surface area contributed by atoms with Crippen LogP contribution in [0.15, 0.2) is 28.7 Å². The van der Waals surface area contributed by atoms with Gasteiger partial charge in [-0.3, -0.25) is 0 Å². The van der Waals surface area contributed by atoms with Gasteiger partial charge < -0.3 is 38.8 Å². The monoisotopic (exact) mass is 437 g/mol. The van der Waals surface area contributed by atoms with Crippen LogP contribution in [-0.2, 0) is 16.1 Å². The zero-order valence-electron chi connectivity index (χ0n) is 18.2. The number of amides is 1. The van der Waals surface area contributed by atoms with E-state index in [0.29, 0.717) is 28.4 Å². The maximum atomic E-state index is 12.3. The molecule has 1 aromatic carbocycles. The van der Waals surface area contributed by atoms with Crippen LogP contribution in [0.3, 0.4) is 0 Å². The lowest BCUT2D eigenvalue weighted by atomic mass is 10.0. The fourth-order valence-corrected chi connectivity index (χ4v) is 3.39. The highest BCUT2D eigenvalue weighted by Crippen LogP contribution is 2.32. The van der Waals surface area contributed by atoms with Crippen molar-refractivity contribution in [1.29, 1.82) is 0 Å². The average molecular weight is 437 g/mol. The normalized spacial score (nSPS) is 24.9. The Hall–Kier alpha value is -2.33. The topological polar surface area (TPSA) is 122 Å². The van der Waals surface area contributed by atoms with Crippen LogP contribution in [-0.4, -0.2) is 70.6 Å². The Labute approximate surface area is 181 Å². The molecule has 1 saturated heterocycles. The van der Waals surface area contributed by atoms with E-state index in [1.54, 1.807) is 36.2 Å². The number of aliphatic hydroxyl groups is 3. The van der Waals surface area contributed by atoms with Gasteiger partial charge in [0.15, 0.2) is 6.61 Å². The van der Waals surface area contributed by atoms with Gasteiger partial charge in [-0.1, -0.05) is 19.9 Å². The number of carbonyl (C=O) groups excluding carboxylic acids is 1. The van der Waals surface area contributed by atoms with Crippen molar-refractivity contribution in [2.24, 2.45) is 5.92 Å². The minimum Gasteiger partial charge on any atom is -0.464 e. The van der Waals surface area contributed by atoms with E-state index in [0.717, 1.165) is 0 Å². The highest BCUT2D eigenvalue weighted by molar-refractivity contribution is 5.84. The van der Waals surface area contributed by atoms with Crippen LogP contribution in [0, 0.1) is 5.92 Å². The SMILES string of the molecule is CC(C)C(C)N(C)C(=O)OCc1cc2c(OC3CC(O)C(O)C(CO)O3)cccc2o1. The Morgan fingerprint density at radius 3 is 2.71 bits per heavy atom. The van der Waals surface area contributed by atoms with Crippen molar-refractivity contribution in [2.75, 3.05) is 13.7 Å². The van der Waals surface area contributed by atoms with Crippen LogP contribution in [0.25, 0.3) is 11.0 Å². The minimum atomic E-state index is -1.17. The Balaban J connectivity index is 1.68. The van der Waals surface area contributed by atoms with Gasteiger partial charge in [0.2, 0.25) is 6.29 Å². The lowest BCUT2D eigenvalue weighted by molar-refractivity contribution is -0.229. The fraction of sp³-hybridized carbons (Fsp3) is 0.591. The summed E-state index contributed by atoms with van der Waals surface area (Å²) in [5.41, 5.74) is 0.544. The number of nitrogens with zero attached hydrogens (tertiary/aromatic N) is 1. The van der Waals surface area contributed by atoms with Crippen LogP contribution < -0.4 is 4.74 Å². The second-order valence-electron chi connectivity index (χ2n) is 8.23. The molecule has 5 atom stereocenters. The third kappa shape index (κ3) is 5.30. The molecule has 1 amide bonds. The highest BCUT2D eigenvalue weighted by Gasteiger charge is 2.37. The van der Waals surface area contributed by atoms with Crippen LogP contribution in [0.5, 0.6) is 5.75 Å². The first-order valence-electron chi connectivity index (χ1n) is 10.4. The van der Waals surface area contributed by atoms with E-state index in [4.69, 9.17) is 18.6 Å². The first-order valence-corrected chi connectivity index (χ1v) is 10.4. The Bertz CT molecular complexity index is 882. The second kappa shape index (κ2) is 9.86. The molecule has 0 radical (unpaired) electrons. The van der Waals surface area contributed by atoms with Gasteiger partial charge >= 0.3 is 6.09 Å². The van der Waals surface area contributed by atoms with Gasteiger partial charge in [-0.2, -0.15) is 0 Å². The lowest BCUT2D eigenvalue weighted by Gasteiger charge is -2.36. The van der Waals surface area contributed by atoms with Crippen molar-refractivity contribution in [3.8, 4) is 5.75 Å². The molecule has 31 heavy (non-hydrogen) atoms. The molecule has 0 aliphatic carbocycles. The summed E-state index contributed by atoms with van der Waals surface area (Å²) in [5.74, 6) is 1.21. The summed E-state index contributed by atoms with van der Waals surface area (Å²) < 4.78 is 22.6. The molecular formula is C22H31NO8. The van der Waals surface area contributed by atoms with E-state index in [1.165, 1.54) is 0 Å². The molecule has 3 N–H and O–H groups in total. The Morgan fingerprint density at radius 1 is 1.29 bits per heavy atom. The maximum Gasteiger partial charge on any atom is 0.410 e. The first-order chi connectivity index (χ1) is 14.7. The number of furan rings is 1. The summed E-state index contributed by atoms with van der Waals surface area (Å²) in [6.07, 6.45) is -4.40. The van der Waals surface area contributed by atoms with Crippen molar-refractivity contribution in [3.63, 3.8) is 0 Å². The number of hydrogen-bond donors (Lipinski definition) is 3. The number of carbonyl (C=O) groups is 1. The van der Waals surface area contributed by atoms with E-state index in [-0.39, 0.29) is 19.1 Å². The van der Waals surface area contributed by atoms with Crippen LogP contribution in [0.4, 0.5) is 4.79 Å². The van der Waals surface area contributed by atoms with Crippen molar-refractivity contribution in [1.82, 2.24) is 4.90 Å². The second-order valence-corrected chi connectivity index (χ2v) is 8.23. The highest BCUT2D eigenvalue weighted by atomic mass is 16.7. The summed E-state index contributed by atoms with van der Waals surface area (Å²) in [7, 11) is 1.70. The number of aliphatic hydroxyl groups excluding tert-OH is 3. The zero-order chi connectivity index (χ0) is 22.7. The van der Waals surface area contributed by atoms with E-state index >= 15 is 0 Å². The van der Waals surface area contributed by atoms with Gasteiger partial charge in [0.1, 0.15) is 29.3 Å². The third-order valence-electron chi connectivity index (χ3n) is 5.75. The van der Waals surface area contributed by atoms with Crippen molar-refractivity contribution < 1.29 is 38.7 Å². The number of hydrogen-bond acceptors (Lipinski definition) is 8. The summed E-state index contributed by atoms with van der Waals surface area (Å²) in [5, 5.41) is 29.8. The molecule has 172 valence electrons. The molecule has 9 heteroatoms. The van der Waals surface area contributed by atoms with E-state index in [2.05, 4.69) is 0 Å². The Morgan fingerprint density at radius 2 is 2.03 bits per heavy atom. The molecule has 3 rings (SSSR count). The molecule has 5 unspecified atom stereocenters. The number of benzene rings is 1. The molecule has 1 aliphatic heterocycles. The molecule has 1 aliphatic rings. The van der Waals surface area contributed by atoms with E-state index in [9.17, 15) is 20.1 Å². The van der Waals surface area contributed by atoms with Crippen molar-refractivity contribution in [2.45, 2.75) is 64.4 Å². The van der Waals surface area contributed by atoms with Gasteiger partial charge in [0, 0.05) is 19.5 Å². The predicted molar refractivity (Wildman–Crippen MR) is 111 cm³/mol. The van der Waals surface area contributed by atoms with E-state index in [1.807, 2.05) is 20.8 Å². The van der Waals surface area contributed by atoms with Crippen LogP contribution in [0.1, 0.15) is 33.0 Å². The number of rotatable bonds is 7. The third-order valence-corrected chi connectivity index (χ3v) is 5.75.